The minimum Gasteiger partial charge on any atom is -0.496 e. The van der Waals surface area contributed by atoms with Crippen LogP contribution in [0, 0.1) is 0 Å². The summed E-state index contributed by atoms with van der Waals surface area (Å²) in [6.45, 7) is 0.361. The van der Waals surface area contributed by atoms with Crippen LogP contribution in [0.1, 0.15) is 5.56 Å². The van der Waals surface area contributed by atoms with Crippen molar-refractivity contribution in [2.45, 2.75) is 0 Å². The molecular weight excluding hydrogens is 346 g/mol. The third-order valence-corrected chi connectivity index (χ3v) is 3.99. The third-order valence-electron chi connectivity index (χ3n) is 3.32. The second-order valence-corrected chi connectivity index (χ2v) is 5.52. The van der Waals surface area contributed by atoms with Crippen molar-refractivity contribution in [1.82, 2.24) is 5.32 Å². The summed E-state index contributed by atoms with van der Waals surface area (Å²) >= 11 is 3.45. The summed E-state index contributed by atoms with van der Waals surface area (Å²) in [5.74, 6) is 0.726. The zero-order chi connectivity index (χ0) is 15.5. The van der Waals surface area contributed by atoms with Crippen molar-refractivity contribution in [3.8, 4) is 5.75 Å². The van der Waals surface area contributed by atoms with E-state index in [1.54, 1.807) is 7.11 Å². The molecule has 0 spiro atoms. The highest BCUT2D eigenvalue weighted by atomic mass is 79.9. The third kappa shape index (κ3) is 2.69. The van der Waals surface area contributed by atoms with E-state index in [4.69, 9.17) is 4.74 Å². The summed E-state index contributed by atoms with van der Waals surface area (Å²) < 4.78 is 6.17. The largest absolute Gasteiger partial charge is 0.496 e. The Kier molecular flexibility index (Phi) is 4.11. The molecule has 1 aliphatic rings. The maximum absolute atomic E-state index is 12.1. The van der Waals surface area contributed by atoms with E-state index >= 15 is 0 Å². The van der Waals surface area contributed by atoms with E-state index in [0.29, 0.717) is 12.2 Å². The Bertz CT molecular complexity index is 746. The second-order valence-electron chi connectivity index (χ2n) is 4.67. The lowest BCUT2D eigenvalue weighted by Crippen LogP contribution is -2.45. The number of urea groups is 1. The first-order chi connectivity index (χ1) is 10.7. The number of carbonyl (C=O) groups is 1. The van der Waals surface area contributed by atoms with E-state index < -0.39 is 0 Å². The van der Waals surface area contributed by atoms with E-state index in [1.807, 2.05) is 48.5 Å². The van der Waals surface area contributed by atoms with Crippen LogP contribution in [0.25, 0.3) is 0 Å². The van der Waals surface area contributed by atoms with Gasteiger partial charge in [0.1, 0.15) is 5.75 Å². The highest BCUT2D eigenvalue weighted by molar-refractivity contribution is 9.10. The second kappa shape index (κ2) is 6.19. The molecular formula is C16H14BrN3O2. The van der Waals surface area contributed by atoms with E-state index in [1.165, 1.54) is 5.01 Å². The molecule has 5 nitrogen and oxygen atoms in total. The number of carbonyl (C=O) groups excluding carboxylic acids is 1. The van der Waals surface area contributed by atoms with Gasteiger partial charge in [0, 0.05) is 10.0 Å². The molecule has 3 rings (SSSR count). The lowest BCUT2D eigenvalue weighted by atomic mass is 10.1. The number of halogens is 1. The Morgan fingerprint density at radius 3 is 2.68 bits per heavy atom. The summed E-state index contributed by atoms with van der Waals surface area (Å²) in [7, 11) is 1.62. The smallest absolute Gasteiger partial charge is 0.342 e. The summed E-state index contributed by atoms with van der Waals surface area (Å²) in [6, 6.07) is 14.8. The highest BCUT2D eigenvalue weighted by Gasteiger charge is 2.24. The average molecular weight is 360 g/mol. The topological polar surface area (TPSA) is 53.9 Å². The van der Waals surface area contributed by atoms with Crippen LogP contribution in [0.4, 0.5) is 10.5 Å². The molecule has 112 valence electrons. The van der Waals surface area contributed by atoms with Crippen molar-refractivity contribution in [3.05, 3.63) is 58.6 Å². The standard InChI is InChI=1S/C16H14BrN3O2/c1-22-15-9-5-2-6-11(15)13-10-18-16(21)20(19-13)14-8-4-3-7-12(14)17/h2-9H,10H2,1H3,(H,18,21). The van der Waals surface area contributed by atoms with Gasteiger partial charge in [0.2, 0.25) is 0 Å². The molecule has 0 saturated heterocycles. The van der Waals surface area contributed by atoms with Crippen molar-refractivity contribution in [1.29, 1.82) is 0 Å². The predicted octanol–water partition coefficient (Wildman–Crippen LogP) is 3.39. The summed E-state index contributed by atoms with van der Waals surface area (Å²) in [4.78, 5) is 12.1. The molecule has 6 heteroatoms. The maximum atomic E-state index is 12.1. The van der Waals surface area contributed by atoms with Crippen molar-refractivity contribution < 1.29 is 9.53 Å². The molecule has 1 heterocycles. The Labute approximate surface area is 136 Å². The van der Waals surface area contributed by atoms with E-state index in [0.717, 1.165) is 21.5 Å². The monoisotopic (exact) mass is 359 g/mol. The van der Waals surface area contributed by atoms with Crippen molar-refractivity contribution >= 4 is 33.4 Å². The number of benzene rings is 2. The molecule has 2 amide bonds. The lowest BCUT2D eigenvalue weighted by Gasteiger charge is -2.25. The Balaban J connectivity index is 2.05. The number of anilines is 1. The fourth-order valence-electron chi connectivity index (χ4n) is 2.25. The van der Waals surface area contributed by atoms with Gasteiger partial charge in [-0.05, 0) is 40.2 Å². The summed E-state index contributed by atoms with van der Waals surface area (Å²) in [6.07, 6.45) is 0. The van der Waals surface area contributed by atoms with Crippen LogP contribution in [-0.4, -0.2) is 25.4 Å². The van der Waals surface area contributed by atoms with Crippen LogP contribution in [0.2, 0.25) is 0 Å². The van der Waals surface area contributed by atoms with Gasteiger partial charge in [-0.3, -0.25) is 0 Å². The SMILES string of the molecule is COc1ccccc1C1=NN(c2ccccc2Br)C(=O)NC1. The van der Waals surface area contributed by atoms with Crippen LogP contribution in [0.3, 0.4) is 0 Å². The molecule has 0 aliphatic carbocycles. The molecule has 1 aliphatic heterocycles. The van der Waals surface area contributed by atoms with Gasteiger partial charge in [-0.1, -0.05) is 24.3 Å². The van der Waals surface area contributed by atoms with Gasteiger partial charge in [-0.2, -0.15) is 10.1 Å². The number of nitrogens with one attached hydrogen (secondary N) is 1. The van der Waals surface area contributed by atoms with Gasteiger partial charge in [0.25, 0.3) is 0 Å². The van der Waals surface area contributed by atoms with Gasteiger partial charge in [-0.25, -0.2) is 4.79 Å². The predicted molar refractivity (Wildman–Crippen MR) is 89.6 cm³/mol. The summed E-state index contributed by atoms with van der Waals surface area (Å²) in [5, 5.41) is 8.69. The lowest BCUT2D eigenvalue weighted by molar-refractivity contribution is 0.246. The number of hydrogen-bond acceptors (Lipinski definition) is 3. The first-order valence-electron chi connectivity index (χ1n) is 6.74. The molecule has 0 saturated carbocycles. The Hall–Kier alpha value is -2.34. The fraction of sp³-hybridized carbons (Fsp3) is 0.125. The van der Waals surface area contributed by atoms with Crippen LogP contribution in [0.5, 0.6) is 5.75 Å². The van der Waals surface area contributed by atoms with E-state index in [2.05, 4.69) is 26.3 Å². The number of methoxy groups -OCH3 is 1. The van der Waals surface area contributed by atoms with E-state index in [9.17, 15) is 4.79 Å². The molecule has 0 radical (unpaired) electrons. The number of hydrazone groups is 1. The zero-order valence-electron chi connectivity index (χ0n) is 11.9. The highest BCUT2D eigenvalue weighted by Crippen LogP contribution is 2.28. The average Bonchev–Trinajstić information content (AvgIpc) is 2.56. The van der Waals surface area contributed by atoms with E-state index in [-0.39, 0.29) is 6.03 Å². The Morgan fingerprint density at radius 2 is 1.91 bits per heavy atom. The van der Waals surface area contributed by atoms with Crippen molar-refractivity contribution in [3.63, 3.8) is 0 Å². The number of ether oxygens (including phenoxy) is 1. The molecule has 2 aromatic carbocycles. The van der Waals surface area contributed by atoms with Gasteiger partial charge in [-0.15, -0.1) is 0 Å². The normalized spacial score (nSPS) is 14.4. The number of rotatable bonds is 3. The Morgan fingerprint density at radius 1 is 1.18 bits per heavy atom. The maximum Gasteiger partial charge on any atom is 0.342 e. The van der Waals surface area contributed by atoms with Crippen LogP contribution in [0.15, 0.2) is 58.1 Å². The van der Waals surface area contributed by atoms with Crippen LogP contribution < -0.4 is 15.1 Å². The minimum absolute atomic E-state index is 0.259. The number of para-hydroxylation sites is 2. The van der Waals surface area contributed by atoms with Crippen molar-refractivity contribution in [2.24, 2.45) is 5.10 Å². The van der Waals surface area contributed by atoms with Gasteiger partial charge in [0.15, 0.2) is 0 Å². The quantitative estimate of drug-likeness (QED) is 0.912. The zero-order valence-corrected chi connectivity index (χ0v) is 13.5. The molecule has 2 aromatic rings. The first-order valence-corrected chi connectivity index (χ1v) is 7.53. The molecule has 0 fully saturated rings. The molecule has 0 unspecified atom stereocenters. The minimum atomic E-state index is -0.259. The van der Waals surface area contributed by atoms with Crippen LogP contribution in [-0.2, 0) is 0 Å². The number of hydrogen-bond donors (Lipinski definition) is 1. The molecule has 0 bridgehead atoms. The fourth-order valence-corrected chi connectivity index (χ4v) is 2.71. The van der Waals surface area contributed by atoms with Crippen molar-refractivity contribution in [2.75, 3.05) is 18.7 Å². The van der Waals surface area contributed by atoms with Gasteiger partial charge >= 0.3 is 6.03 Å². The molecule has 0 aromatic heterocycles. The molecule has 1 N–H and O–H groups in total. The number of nitrogens with zero attached hydrogens (tertiary/aromatic N) is 2. The van der Waals surface area contributed by atoms with Gasteiger partial charge in [0.05, 0.1) is 25.1 Å². The van der Waals surface area contributed by atoms with Crippen LogP contribution >= 0.6 is 15.9 Å². The first kappa shape index (κ1) is 14.6. The molecule has 22 heavy (non-hydrogen) atoms. The van der Waals surface area contributed by atoms with Gasteiger partial charge < -0.3 is 10.1 Å². The number of amides is 2. The molecule has 0 atom stereocenters. The summed E-state index contributed by atoms with van der Waals surface area (Å²) in [5.41, 5.74) is 2.29.